The topological polar surface area (TPSA) is 4.93 Å². The van der Waals surface area contributed by atoms with Crippen molar-refractivity contribution >= 4 is 27.4 Å². The molecule has 1 unspecified atom stereocenters. The molecule has 1 heterocycles. The third kappa shape index (κ3) is 4.86. The van der Waals surface area contributed by atoms with E-state index in [4.69, 9.17) is 6.58 Å². The number of rotatable bonds is 5. The molecule has 244 valence electrons. The van der Waals surface area contributed by atoms with Crippen LogP contribution in [0.25, 0.3) is 77.6 Å². The van der Waals surface area contributed by atoms with Crippen LogP contribution in [0.4, 0.5) is 0 Å². The lowest BCUT2D eigenvalue weighted by molar-refractivity contribution is 1.04. The molecule has 0 fully saturated rings. The zero-order valence-corrected chi connectivity index (χ0v) is 28.7. The molecular weight excluding hydrogens is 627 g/mol. The monoisotopic (exact) mass is 661 g/mol. The predicted octanol–water partition coefficient (Wildman–Crippen LogP) is 13.6. The van der Waals surface area contributed by atoms with E-state index in [-0.39, 0.29) is 5.92 Å². The maximum absolute atomic E-state index is 4.74. The van der Waals surface area contributed by atoms with Crippen molar-refractivity contribution in [3.63, 3.8) is 0 Å². The van der Waals surface area contributed by atoms with Gasteiger partial charge in [-0.2, -0.15) is 0 Å². The van der Waals surface area contributed by atoms with Gasteiger partial charge in [-0.3, -0.25) is 0 Å². The van der Waals surface area contributed by atoms with Crippen molar-refractivity contribution < 1.29 is 0 Å². The van der Waals surface area contributed by atoms with Crippen LogP contribution in [0.1, 0.15) is 22.6 Å². The molecule has 52 heavy (non-hydrogen) atoms. The lowest BCUT2D eigenvalue weighted by Gasteiger charge is -2.32. The molecule has 1 nitrogen and oxygen atoms in total. The van der Waals surface area contributed by atoms with Gasteiger partial charge in [-0.25, -0.2) is 0 Å². The predicted molar refractivity (Wildman–Crippen MR) is 220 cm³/mol. The molecular formula is C51H35N. The Morgan fingerprint density at radius 1 is 0.385 bits per heavy atom. The van der Waals surface area contributed by atoms with Gasteiger partial charge in [0.25, 0.3) is 0 Å². The second kappa shape index (κ2) is 12.3. The minimum atomic E-state index is 0.0856. The van der Waals surface area contributed by atoms with Crippen LogP contribution >= 0.6 is 0 Å². The molecule has 8 aromatic carbocycles. The van der Waals surface area contributed by atoms with E-state index in [1.165, 1.54) is 83.0 Å². The summed E-state index contributed by atoms with van der Waals surface area (Å²) in [6.07, 6.45) is 0. The average molecular weight is 662 g/mol. The molecule has 0 amide bonds. The lowest BCUT2D eigenvalue weighted by atomic mass is 9.70. The molecule has 10 rings (SSSR count). The zero-order chi connectivity index (χ0) is 34.6. The molecule has 0 radical (unpaired) electrons. The number of allylic oxidation sites excluding steroid dienone is 1. The first-order chi connectivity index (χ1) is 25.7. The van der Waals surface area contributed by atoms with Gasteiger partial charge in [0.15, 0.2) is 0 Å². The second-order valence-electron chi connectivity index (χ2n) is 13.8. The zero-order valence-electron chi connectivity index (χ0n) is 28.7. The molecule has 0 saturated carbocycles. The van der Waals surface area contributed by atoms with E-state index in [0.717, 1.165) is 11.3 Å². The highest BCUT2D eigenvalue weighted by Crippen LogP contribution is 2.52. The molecule has 9 aromatic rings. The van der Waals surface area contributed by atoms with Crippen LogP contribution in [-0.2, 0) is 0 Å². The minimum Gasteiger partial charge on any atom is -0.309 e. The van der Waals surface area contributed by atoms with Crippen LogP contribution in [-0.4, -0.2) is 4.57 Å². The highest BCUT2D eigenvalue weighted by Gasteiger charge is 2.31. The summed E-state index contributed by atoms with van der Waals surface area (Å²) in [5.41, 5.74) is 18.3. The summed E-state index contributed by atoms with van der Waals surface area (Å²) in [6.45, 7) is 4.74. The fourth-order valence-corrected chi connectivity index (χ4v) is 8.41. The normalized spacial score (nSPS) is 13.6. The highest BCUT2D eigenvalue weighted by atomic mass is 15.0. The lowest BCUT2D eigenvalue weighted by Crippen LogP contribution is -2.12. The quantitative estimate of drug-likeness (QED) is 0.173. The van der Waals surface area contributed by atoms with Gasteiger partial charge in [0.05, 0.1) is 11.0 Å². The van der Waals surface area contributed by atoms with E-state index < -0.39 is 0 Å². The van der Waals surface area contributed by atoms with E-state index in [1.54, 1.807) is 0 Å². The van der Waals surface area contributed by atoms with Gasteiger partial charge in [-0.15, -0.1) is 0 Å². The van der Waals surface area contributed by atoms with E-state index >= 15 is 0 Å². The first-order valence-corrected chi connectivity index (χ1v) is 18.0. The van der Waals surface area contributed by atoms with Crippen molar-refractivity contribution in [3.8, 4) is 50.2 Å². The van der Waals surface area contributed by atoms with Crippen molar-refractivity contribution in [2.24, 2.45) is 0 Å². The van der Waals surface area contributed by atoms with Crippen LogP contribution < -0.4 is 0 Å². The van der Waals surface area contributed by atoms with Crippen molar-refractivity contribution in [1.82, 2.24) is 4.57 Å². The molecule has 0 N–H and O–H groups in total. The van der Waals surface area contributed by atoms with Gasteiger partial charge in [-0.05, 0) is 103 Å². The Kier molecular flexibility index (Phi) is 7.11. The van der Waals surface area contributed by atoms with Crippen molar-refractivity contribution in [1.29, 1.82) is 0 Å². The molecule has 1 aromatic heterocycles. The van der Waals surface area contributed by atoms with Crippen LogP contribution in [0.15, 0.2) is 201 Å². The van der Waals surface area contributed by atoms with Crippen LogP contribution in [0.3, 0.4) is 0 Å². The SMILES string of the molecule is C=C1c2ccc(-c3ccc4c(c3)c3ccccc3n4-c3ccc(-c4ccccc4)cc3)cc2-c2c(-c3ccccc3)cccc2C1c1ccccc1. The van der Waals surface area contributed by atoms with E-state index in [9.17, 15) is 0 Å². The number of aromatic nitrogens is 1. The van der Waals surface area contributed by atoms with Gasteiger partial charge in [0.2, 0.25) is 0 Å². The van der Waals surface area contributed by atoms with Crippen molar-refractivity contribution in [2.75, 3.05) is 0 Å². The fourth-order valence-electron chi connectivity index (χ4n) is 8.41. The Hall–Kier alpha value is -6.70. The molecule has 0 bridgehead atoms. The van der Waals surface area contributed by atoms with Crippen LogP contribution in [0.2, 0.25) is 0 Å². The molecule has 0 aliphatic heterocycles. The van der Waals surface area contributed by atoms with Crippen LogP contribution in [0, 0.1) is 0 Å². The summed E-state index contributed by atoms with van der Waals surface area (Å²) >= 11 is 0. The summed E-state index contributed by atoms with van der Waals surface area (Å²) in [5.74, 6) is 0.0856. The third-order valence-electron chi connectivity index (χ3n) is 10.8. The summed E-state index contributed by atoms with van der Waals surface area (Å²) in [4.78, 5) is 0. The Morgan fingerprint density at radius 2 is 0.981 bits per heavy atom. The van der Waals surface area contributed by atoms with Crippen LogP contribution in [0.5, 0.6) is 0 Å². The van der Waals surface area contributed by atoms with E-state index in [2.05, 4.69) is 199 Å². The van der Waals surface area contributed by atoms with Crippen molar-refractivity contribution in [3.05, 3.63) is 217 Å². The number of fused-ring (bicyclic) bond motifs is 6. The van der Waals surface area contributed by atoms with Gasteiger partial charge in [-0.1, -0.05) is 164 Å². The molecule has 0 spiro atoms. The first kappa shape index (κ1) is 30.2. The summed E-state index contributed by atoms with van der Waals surface area (Å²) in [5, 5.41) is 2.50. The largest absolute Gasteiger partial charge is 0.309 e. The molecule has 1 atom stereocenters. The van der Waals surface area contributed by atoms with Gasteiger partial charge >= 0.3 is 0 Å². The summed E-state index contributed by atoms with van der Waals surface area (Å²) < 4.78 is 2.40. The number of hydrogen-bond donors (Lipinski definition) is 0. The maximum atomic E-state index is 4.74. The van der Waals surface area contributed by atoms with E-state index in [1.807, 2.05) is 0 Å². The number of benzene rings is 8. The first-order valence-electron chi connectivity index (χ1n) is 18.0. The number of para-hydroxylation sites is 1. The Morgan fingerprint density at radius 3 is 1.75 bits per heavy atom. The minimum absolute atomic E-state index is 0.0856. The Labute approximate surface area is 304 Å². The summed E-state index contributed by atoms with van der Waals surface area (Å²) in [6, 6.07) is 70.6. The standard InChI is InChI=1S/C51H35N/c1-34-42-30-26-39(33-47(42)51-43(37-16-7-3-8-17-37)21-13-22-45(51)50(34)38-18-9-4-10-19-38)40-27-31-49-46(32-40)44-20-11-12-23-48(44)52(49)41-28-24-36(25-29-41)35-14-5-2-6-15-35/h2-33,50H,1H2. The Bertz CT molecular complexity index is 2770. The summed E-state index contributed by atoms with van der Waals surface area (Å²) in [7, 11) is 0. The number of nitrogens with zero attached hydrogens (tertiary/aromatic N) is 1. The number of hydrogen-bond acceptors (Lipinski definition) is 0. The smallest absolute Gasteiger partial charge is 0.0541 e. The van der Waals surface area contributed by atoms with Gasteiger partial charge < -0.3 is 4.57 Å². The Balaban J connectivity index is 1.13. The van der Waals surface area contributed by atoms with Gasteiger partial charge in [0.1, 0.15) is 0 Å². The molecule has 1 aliphatic carbocycles. The second-order valence-corrected chi connectivity index (χ2v) is 13.8. The van der Waals surface area contributed by atoms with E-state index in [0.29, 0.717) is 0 Å². The van der Waals surface area contributed by atoms with Gasteiger partial charge in [0, 0.05) is 22.4 Å². The molecule has 1 aliphatic rings. The fraction of sp³-hybridized carbons (Fsp3) is 0.0196. The van der Waals surface area contributed by atoms with Crippen molar-refractivity contribution in [2.45, 2.75) is 5.92 Å². The molecule has 0 saturated heterocycles. The maximum Gasteiger partial charge on any atom is 0.0541 e. The highest BCUT2D eigenvalue weighted by molar-refractivity contribution is 6.10. The molecule has 1 heteroatoms. The average Bonchev–Trinajstić information content (AvgIpc) is 3.55. The third-order valence-corrected chi connectivity index (χ3v) is 10.8.